The van der Waals surface area contributed by atoms with Crippen LogP contribution in [0, 0.1) is 5.82 Å². The first kappa shape index (κ1) is 15.4. The normalized spacial score (nSPS) is 11.4. The third kappa shape index (κ3) is 3.23. The van der Waals surface area contributed by atoms with Gasteiger partial charge in [-0.15, -0.1) is 0 Å². The lowest BCUT2D eigenvalue weighted by Crippen LogP contribution is -2.49. The van der Waals surface area contributed by atoms with Gasteiger partial charge in [-0.25, -0.2) is 4.39 Å². The van der Waals surface area contributed by atoms with Crippen molar-refractivity contribution in [3.8, 4) is 0 Å². The SMILES string of the molecule is CCC(CC)(CBr)NC(=O)c1cccc(Cl)c1F. The molecule has 0 heterocycles. The maximum Gasteiger partial charge on any atom is 0.254 e. The Morgan fingerprint density at radius 1 is 1.44 bits per heavy atom. The second-order valence-electron chi connectivity index (χ2n) is 4.18. The molecule has 1 N–H and O–H groups in total. The number of benzene rings is 1. The minimum Gasteiger partial charge on any atom is -0.346 e. The zero-order valence-corrected chi connectivity index (χ0v) is 12.7. The first-order valence-electron chi connectivity index (χ1n) is 5.82. The molecule has 5 heteroatoms. The fourth-order valence-electron chi connectivity index (χ4n) is 1.64. The Labute approximate surface area is 120 Å². The van der Waals surface area contributed by atoms with Crippen LogP contribution < -0.4 is 5.32 Å². The van der Waals surface area contributed by atoms with E-state index in [4.69, 9.17) is 11.6 Å². The van der Waals surface area contributed by atoms with E-state index in [2.05, 4.69) is 21.2 Å². The van der Waals surface area contributed by atoms with E-state index in [0.717, 1.165) is 12.8 Å². The van der Waals surface area contributed by atoms with Crippen molar-refractivity contribution in [2.45, 2.75) is 32.2 Å². The van der Waals surface area contributed by atoms with Gasteiger partial charge in [0.05, 0.1) is 10.6 Å². The average molecular weight is 337 g/mol. The molecule has 0 aliphatic heterocycles. The number of amides is 1. The molecule has 0 saturated heterocycles. The molecular weight excluding hydrogens is 321 g/mol. The Balaban J connectivity index is 2.98. The summed E-state index contributed by atoms with van der Waals surface area (Å²) in [6.45, 7) is 3.97. The summed E-state index contributed by atoms with van der Waals surface area (Å²) in [7, 11) is 0. The molecule has 0 spiro atoms. The molecule has 1 amide bonds. The largest absolute Gasteiger partial charge is 0.346 e. The molecular formula is C13H16BrClFNO. The van der Waals surface area contributed by atoms with Crippen LogP contribution in [0.1, 0.15) is 37.0 Å². The van der Waals surface area contributed by atoms with Gasteiger partial charge < -0.3 is 5.32 Å². The Hall–Kier alpha value is -0.610. The van der Waals surface area contributed by atoms with Crippen LogP contribution in [0.3, 0.4) is 0 Å². The summed E-state index contributed by atoms with van der Waals surface area (Å²) < 4.78 is 13.7. The third-order valence-corrected chi connectivity index (χ3v) is 4.55. The smallest absolute Gasteiger partial charge is 0.254 e. The van der Waals surface area contributed by atoms with Gasteiger partial charge in [0, 0.05) is 10.9 Å². The standard InChI is InChI=1S/C13H16BrClFNO/c1-3-13(4-2,8-14)17-12(18)9-6-5-7-10(15)11(9)16/h5-7H,3-4,8H2,1-2H3,(H,17,18). The predicted octanol–water partition coefficient (Wildman–Crippen LogP) is 4.16. The molecule has 0 unspecified atom stereocenters. The first-order chi connectivity index (χ1) is 8.49. The number of nitrogens with one attached hydrogen (secondary N) is 1. The molecule has 0 radical (unpaired) electrons. The van der Waals surface area contributed by atoms with Crippen LogP contribution >= 0.6 is 27.5 Å². The highest BCUT2D eigenvalue weighted by Crippen LogP contribution is 2.21. The van der Waals surface area contributed by atoms with Gasteiger partial charge >= 0.3 is 0 Å². The van der Waals surface area contributed by atoms with E-state index in [0.29, 0.717) is 5.33 Å². The van der Waals surface area contributed by atoms with Gasteiger partial charge in [0.15, 0.2) is 5.82 Å². The van der Waals surface area contributed by atoms with Crippen LogP contribution in [0.2, 0.25) is 5.02 Å². The van der Waals surface area contributed by atoms with Gasteiger partial charge in [-0.05, 0) is 25.0 Å². The maximum atomic E-state index is 13.7. The van der Waals surface area contributed by atoms with Gasteiger partial charge in [0.25, 0.3) is 5.91 Å². The van der Waals surface area contributed by atoms with Crippen molar-refractivity contribution in [1.82, 2.24) is 5.32 Å². The number of carbonyl (C=O) groups excluding carboxylic acids is 1. The second-order valence-corrected chi connectivity index (χ2v) is 5.14. The lowest BCUT2D eigenvalue weighted by Gasteiger charge is -2.31. The Kier molecular flexibility index (Phi) is 5.60. The number of alkyl halides is 1. The second kappa shape index (κ2) is 6.53. The molecule has 0 aliphatic rings. The molecule has 100 valence electrons. The highest BCUT2D eigenvalue weighted by Gasteiger charge is 2.28. The van der Waals surface area contributed by atoms with E-state index in [1.165, 1.54) is 12.1 Å². The Morgan fingerprint density at radius 3 is 2.56 bits per heavy atom. The van der Waals surface area contributed by atoms with Crippen LogP contribution in [0.25, 0.3) is 0 Å². The molecule has 18 heavy (non-hydrogen) atoms. The van der Waals surface area contributed by atoms with E-state index in [1.807, 2.05) is 13.8 Å². The van der Waals surface area contributed by atoms with Gasteiger partial charge in [-0.2, -0.15) is 0 Å². The predicted molar refractivity (Wildman–Crippen MR) is 76.0 cm³/mol. The quantitative estimate of drug-likeness (QED) is 0.804. The van der Waals surface area contributed by atoms with Gasteiger partial charge in [0.1, 0.15) is 0 Å². The molecule has 1 aromatic rings. The maximum absolute atomic E-state index is 13.7. The highest BCUT2D eigenvalue weighted by atomic mass is 79.9. The minimum atomic E-state index is -0.674. The summed E-state index contributed by atoms with van der Waals surface area (Å²) in [5, 5.41) is 3.46. The van der Waals surface area contributed by atoms with Crippen LogP contribution in [0.4, 0.5) is 4.39 Å². The molecule has 0 aromatic heterocycles. The number of hydrogen-bond acceptors (Lipinski definition) is 1. The molecule has 0 bridgehead atoms. The van der Waals surface area contributed by atoms with Crippen molar-refractivity contribution >= 4 is 33.4 Å². The number of carbonyl (C=O) groups is 1. The van der Waals surface area contributed by atoms with Gasteiger partial charge in [-0.1, -0.05) is 47.4 Å². The number of rotatable bonds is 5. The molecule has 0 fully saturated rings. The zero-order chi connectivity index (χ0) is 13.8. The van der Waals surface area contributed by atoms with Crippen LogP contribution in [-0.2, 0) is 0 Å². The van der Waals surface area contributed by atoms with Crippen LogP contribution in [0.15, 0.2) is 18.2 Å². The van der Waals surface area contributed by atoms with Crippen molar-refractivity contribution < 1.29 is 9.18 Å². The van der Waals surface area contributed by atoms with E-state index >= 15 is 0 Å². The van der Waals surface area contributed by atoms with Crippen LogP contribution in [-0.4, -0.2) is 16.8 Å². The Morgan fingerprint density at radius 2 is 2.06 bits per heavy atom. The molecule has 1 rings (SSSR count). The molecule has 0 atom stereocenters. The summed E-state index contributed by atoms with van der Waals surface area (Å²) in [6.07, 6.45) is 1.53. The summed E-state index contributed by atoms with van der Waals surface area (Å²) in [4.78, 5) is 12.1. The van der Waals surface area contributed by atoms with E-state index in [9.17, 15) is 9.18 Å². The molecule has 0 saturated carbocycles. The monoisotopic (exact) mass is 335 g/mol. The number of hydrogen-bond donors (Lipinski definition) is 1. The molecule has 0 aliphatic carbocycles. The minimum absolute atomic E-state index is 0.0188. The molecule has 1 aromatic carbocycles. The fraction of sp³-hybridized carbons (Fsp3) is 0.462. The van der Waals surface area contributed by atoms with E-state index in [-0.39, 0.29) is 16.1 Å². The van der Waals surface area contributed by atoms with E-state index in [1.54, 1.807) is 6.07 Å². The number of halogens is 3. The topological polar surface area (TPSA) is 29.1 Å². The average Bonchev–Trinajstić information content (AvgIpc) is 2.39. The van der Waals surface area contributed by atoms with Crippen molar-refractivity contribution in [2.75, 3.05) is 5.33 Å². The first-order valence-corrected chi connectivity index (χ1v) is 7.32. The zero-order valence-electron chi connectivity index (χ0n) is 10.4. The summed E-state index contributed by atoms with van der Waals surface area (Å²) >= 11 is 9.06. The summed E-state index contributed by atoms with van der Waals surface area (Å²) in [5.41, 5.74) is -0.374. The van der Waals surface area contributed by atoms with Crippen molar-refractivity contribution in [3.05, 3.63) is 34.6 Å². The van der Waals surface area contributed by atoms with Crippen molar-refractivity contribution in [2.24, 2.45) is 0 Å². The summed E-state index contributed by atoms with van der Waals surface area (Å²) in [6, 6.07) is 4.42. The van der Waals surface area contributed by atoms with Gasteiger partial charge in [0.2, 0.25) is 0 Å². The Bertz CT molecular complexity index is 427. The third-order valence-electron chi connectivity index (χ3n) is 3.18. The van der Waals surface area contributed by atoms with Crippen LogP contribution in [0.5, 0.6) is 0 Å². The van der Waals surface area contributed by atoms with Crippen molar-refractivity contribution in [3.63, 3.8) is 0 Å². The lowest BCUT2D eigenvalue weighted by atomic mass is 9.95. The fourth-order valence-corrected chi connectivity index (χ4v) is 2.74. The molecule has 2 nitrogen and oxygen atoms in total. The van der Waals surface area contributed by atoms with Crippen molar-refractivity contribution in [1.29, 1.82) is 0 Å². The highest BCUT2D eigenvalue weighted by molar-refractivity contribution is 9.09. The van der Waals surface area contributed by atoms with Gasteiger partial charge in [-0.3, -0.25) is 4.79 Å². The lowest BCUT2D eigenvalue weighted by molar-refractivity contribution is 0.0899. The summed E-state index contributed by atoms with van der Waals surface area (Å²) in [5.74, 6) is -1.11. The van der Waals surface area contributed by atoms with E-state index < -0.39 is 11.7 Å².